The zero-order valence-corrected chi connectivity index (χ0v) is 16.8. The van der Waals surface area contributed by atoms with Gasteiger partial charge in [-0.2, -0.15) is 4.31 Å². The summed E-state index contributed by atoms with van der Waals surface area (Å²) in [5.74, 6) is -0.878. The number of hydrogen-bond acceptors (Lipinski definition) is 5. The van der Waals surface area contributed by atoms with Crippen molar-refractivity contribution in [1.29, 1.82) is 0 Å². The maximum atomic E-state index is 12.5. The minimum Gasteiger partial charge on any atom is -0.452 e. The molecule has 1 aromatic rings. The minimum atomic E-state index is -3.67. The van der Waals surface area contributed by atoms with E-state index in [1.54, 1.807) is 13.8 Å². The molecule has 26 heavy (non-hydrogen) atoms. The zero-order valence-electron chi connectivity index (χ0n) is 16.0. The molecule has 0 unspecified atom stereocenters. The van der Waals surface area contributed by atoms with E-state index in [0.717, 1.165) is 0 Å². The van der Waals surface area contributed by atoms with Crippen LogP contribution in [0.25, 0.3) is 0 Å². The van der Waals surface area contributed by atoms with Gasteiger partial charge in [0.15, 0.2) is 6.61 Å². The second kappa shape index (κ2) is 9.68. The van der Waals surface area contributed by atoms with Crippen molar-refractivity contribution in [2.45, 2.75) is 45.6 Å². The molecule has 0 fully saturated rings. The van der Waals surface area contributed by atoms with Crippen molar-refractivity contribution in [3.63, 3.8) is 0 Å². The van der Waals surface area contributed by atoms with Crippen LogP contribution in [0.4, 0.5) is 0 Å². The average molecular weight is 384 g/mol. The van der Waals surface area contributed by atoms with Crippen molar-refractivity contribution >= 4 is 21.9 Å². The fourth-order valence-electron chi connectivity index (χ4n) is 2.17. The Morgan fingerprint density at radius 3 is 2.31 bits per heavy atom. The van der Waals surface area contributed by atoms with Crippen LogP contribution in [0.15, 0.2) is 29.2 Å². The summed E-state index contributed by atoms with van der Waals surface area (Å²) in [6.07, 6.45) is 0. The number of sulfonamides is 1. The van der Waals surface area contributed by atoms with Crippen LogP contribution < -0.4 is 5.32 Å². The average Bonchev–Trinajstić information content (AvgIpc) is 2.60. The van der Waals surface area contributed by atoms with Crippen LogP contribution in [0, 0.1) is 5.92 Å². The topological polar surface area (TPSA) is 92.8 Å². The molecule has 0 spiro atoms. The molecule has 7 nitrogen and oxygen atoms in total. The van der Waals surface area contributed by atoms with Gasteiger partial charge in [0, 0.05) is 19.1 Å². The summed E-state index contributed by atoms with van der Waals surface area (Å²) < 4.78 is 31.4. The van der Waals surface area contributed by atoms with E-state index in [0.29, 0.717) is 13.1 Å². The van der Waals surface area contributed by atoms with Gasteiger partial charge >= 0.3 is 5.97 Å². The minimum absolute atomic E-state index is 0.0218. The monoisotopic (exact) mass is 384 g/mol. The maximum Gasteiger partial charge on any atom is 0.338 e. The Kier molecular flexibility index (Phi) is 8.23. The van der Waals surface area contributed by atoms with Crippen molar-refractivity contribution in [1.82, 2.24) is 9.62 Å². The summed E-state index contributed by atoms with van der Waals surface area (Å²) in [5, 5.41) is 2.73. The third-order valence-corrected chi connectivity index (χ3v) is 6.18. The van der Waals surface area contributed by atoms with Crippen LogP contribution in [-0.4, -0.2) is 50.3 Å². The molecule has 0 aliphatic rings. The van der Waals surface area contributed by atoms with E-state index in [1.165, 1.54) is 28.6 Å². The molecule has 1 N–H and O–H groups in total. The third kappa shape index (κ3) is 5.81. The van der Waals surface area contributed by atoms with Crippen LogP contribution in [0.2, 0.25) is 0 Å². The highest BCUT2D eigenvalue weighted by Gasteiger charge is 2.23. The number of carbonyl (C=O) groups excluding carboxylic acids is 2. The van der Waals surface area contributed by atoms with Crippen LogP contribution >= 0.6 is 0 Å². The summed E-state index contributed by atoms with van der Waals surface area (Å²) in [6, 6.07) is 5.60. The normalized spacial score (nSPS) is 12.9. The number of rotatable bonds is 9. The molecule has 146 valence electrons. The number of nitrogens with zero attached hydrogens (tertiary/aromatic N) is 1. The molecule has 0 saturated heterocycles. The van der Waals surface area contributed by atoms with E-state index in [4.69, 9.17) is 4.74 Å². The summed E-state index contributed by atoms with van der Waals surface area (Å²) >= 11 is 0. The van der Waals surface area contributed by atoms with Crippen LogP contribution in [0.1, 0.15) is 45.0 Å². The van der Waals surface area contributed by atoms with E-state index in [2.05, 4.69) is 5.32 Å². The number of hydrogen-bond donors (Lipinski definition) is 1. The first kappa shape index (κ1) is 22.1. The molecule has 0 aliphatic carbocycles. The second-order valence-electron chi connectivity index (χ2n) is 6.29. The van der Waals surface area contributed by atoms with Gasteiger partial charge in [-0.1, -0.05) is 33.8 Å². The molecule has 1 atom stereocenters. The lowest BCUT2D eigenvalue weighted by Crippen LogP contribution is -2.38. The number of esters is 1. The largest absolute Gasteiger partial charge is 0.452 e. The first-order valence-electron chi connectivity index (χ1n) is 8.70. The van der Waals surface area contributed by atoms with Crippen LogP contribution in [0.3, 0.4) is 0 Å². The van der Waals surface area contributed by atoms with Gasteiger partial charge in [0.2, 0.25) is 10.0 Å². The van der Waals surface area contributed by atoms with Gasteiger partial charge in [-0.25, -0.2) is 13.2 Å². The van der Waals surface area contributed by atoms with E-state index < -0.39 is 28.5 Å². The van der Waals surface area contributed by atoms with Crippen molar-refractivity contribution in [3.05, 3.63) is 29.8 Å². The Balaban J connectivity index is 2.82. The van der Waals surface area contributed by atoms with Gasteiger partial charge in [-0.15, -0.1) is 0 Å². The summed E-state index contributed by atoms with van der Waals surface area (Å²) in [6.45, 7) is 9.56. The van der Waals surface area contributed by atoms with E-state index in [1.807, 2.05) is 20.8 Å². The molecule has 0 radical (unpaired) electrons. The highest BCUT2D eigenvalue weighted by molar-refractivity contribution is 7.89. The van der Waals surface area contributed by atoms with Crippen molar-refractivity contribution in [2.24, 2.45) is 5.92 Å². The van der Waals surface area contributed by atoms with Gasteiger partial charge in [-0.3, -0.25) is 4.79 Å². The molecule has 0 aromatic heterocycles. The lowest BCUT2D eigenvalue weighted by molar-refractivity contribution is -0.125. The van der Waals surface area contributed by atoms with Crippen LogP contribution in [-0.2, 0) is 19.6 Å². The van der Waals surface area contributed by atoms with Crippen LogP contribution in [0.5, 0.6) is 0 Å². The fraction of sp³-hybridized carbons (Fsp3) is 0.556. The Morgan fingerprint density at radius 1 is 1.15 bits per heavy atom. The zero-order chi connectivity index (χ0) is 19.9. The van der Waals surface area contributed by atoms with E-state index >= 15 is 0 Å². The lowest BCUT2D eigenvalue weighted by Gasteiger charge is -2.19. The Bertz CT molecular complexity index is 727. The molecular weight excluding hydrogens is 356 g/mol. The maximum absolute atomic E-state index is 12.5. The van der Waals surface area contributed by atoms with Gasteiger partial charge in [0.05, 0.1) is 10.5 Å². The predicted molar refractivity (Wildman–Crippen MR) is 99.3 cm³/mol. The van der Waals surface area contributed by atoms with Gasteiger partial charge in [0.1, 0.15) is 0 Å². The van der Waals surface area contributed by atoms with E-state index in [-0.39, 0.29) is 22.4 Å². The fourth-order valence-corrected chi connectivity index (χ4v) is 3.68. The Hall–Kier alpha value is -1.93. The summed E-state index contributed by atoms with van der Waals surface area (Å²) in [5.41, 5.74) is 0.0861. The first-order valence-corrected chi connectivity index (χ1v) is 10.1. The second-order valence-corrected chi connectivity index (χ2v) is 8.23. The number of ether oxygens (including phenoxy) is 1. The highest BCUT2D eigenvalue weighted by Crippen LogP contribution is 2.17. The molecule has 0 heterocycles. The SMILES string of the molecule is CCN(CC)S(=O)(=O)c1cccc(C(=O)OCC(=O)N[C@H](C)C(C)C)c1. The summed E-state index contributed by atoms with van der Waals surface area (Å²) in [7, 11) is -3.67. The Labute approximate surface area is 155 Å². The van der Waals surface area contributed by atoms with Gasteiger partial charge in [0.25, 0.3) is 5.91 Å². The molecule has 0 saturated carbocycles. The van der Waals surface area contributed by atoms with Gasteiger partial charge in [-0.05, 0) is 31.0 Å². The van der Waals surface area contributed by atoms with Crippen molar-refractivity contribution in [2.75, 3.05) is 19.7 Å². The molecule has 1 rings (SSSR count). The van der Waals surface area contributed by atoms with Crippen molar-refractivity contribution < 1.29 is 22.7 Å². The molecule has 1 amide bonds. The number of carbonyl (C=O) groups is 2. The van der Waals surface area contributed by atoms with Gasteiger partial charge < -0.3 is 10.1 Å². The lowest BCUT2D eigenvalue weighted by atomic mass is 10.1. The Morgan fingerprint density at radius 2 is 1.77 bits per heavy atom. The number of benzene rings is 1. The molecular formula is C18H28N2O5S. The quantitative estimate of drug-likeness (QED) is 0.658. The smallest absolute Gasteiger partial charge is 0.338 e. The van der Waals surface area contributed by atoms with E-state index in [9.17, 15) is 18.0 Å². The summed E-state index contributed by atoms with van der Waals surface area (Å²) in [4.78, 5) is 24.0. The predicted octanol–water partition coefficient (Wildman–Crippen LogP) is 2.03. The molecule has 1 aromatic carbocycles. The molecule has 0 aliphatic heterocycles. The number of amides is 1. The standard InChI is InChI=1S/C18H28N2O5S/c1-6-20(7-2)26(23,24)16-10-8-9-15(11-16)18(22)25-12-17(21)19-14(5)13(3)4/h8-11,13-14H,6-7,12H2,1-5H3,(H,19,21)/t14-/m1/s1. The molecule has 0 bridgehead atoms. The number of nitrogens with one attached hydrogen (secondary N) is 1. The first-order chi connectivity index (χ1) is 12.1. The molecule has 8 heteroatoms. The van der Waals surface area contributed by atoms with Crippen molar-refractivity contribution in [3.8, 4) is 0 Å². The third-order valence-electron chi connectivity index (χ3n) is 4.14. The highest BCUT2D eigenvalue weighted by atomic mass is 32.2.